The van der Waals surface area contributed by atoms with E-state index in [1.807, 2.05) is 4.68 Å². The normalized spacial score (nSPS) is 23.6. The molecule has 1 aliphatic carbocycles. The first-order valence-corrected chi connectivity index (χ1v) is 6.30. The van der Waals surface area contributed by atoms with Crippen LogP contribution in [0, 0.1) is 5.92 Å². The fourth-order valence-corrected chi connectivity index (χ4v) is 2.29. The molecule has 0 aromatic carbocycles. The highest BCUT2D eigenvalue weighted by Gasteiger charge is 2.24. The van der Waals surface area contributed by atoms with Gasteiger partial charge in [0.25, 0.3) is 0 Å². The molecule has 0 unspecified atom stereocenters. The van der Waals surface area contributed by atoms with Gasteiger partial charge >= 0.3 is 5.97 Å². The number of ether oxygens (including phenoxy) is 1. The zero-order valence-electron chi connectivity index (χ0n) is 10.5. The van der Waals surface area contributed by atoms with E-state index in [1.54, 1.807) is 19.6 Å². The van der Waals surface area contributed by atoms with Gasteiger partial charge in [0.15, 0.2) is 0 Å². The summed E-state index contributed by atoms with van der Waals surface area (Å²) in [7, 11) is 0. The van der Waals surface area contributed by atoms with E-state index in [1.165, 1.54) is 6.21 Å². The summed E-state index contributed by atoms with van der Waals surface area (Å²) in [6.07, 6.45) is 7.72. The number of esters is 1. The molecule has 98 valence electrons. The second-order valence-electron chi connectivity index (χ2n) is 4.48. The number of aliphatic imine (C=N–C) groups is 1. The first-order valence-electron chi connectivity index (χ1n) is 6.30. The van der Waals surface area contributed by atoms with Crippen molar-refractivity contribution in [1.29, 1.82) is 0 Å². The lowest BCUT2D eigenvalue weighted by molar-refractivity contribution is -0.134. The van der Waals surface area contributed by atoms with Crippen molar-refractivity contribution < 1.29 is 9.53 Å². The van der Waals surface area contributed by atoms with Crippen LogP contribution in [0.25, 0.3) is 0 Å². The average molecular weight is 250 g/mol. The van der Waals surface area contributed by atoms with Gasteiger partial charge in [0, 0.05) is 6.54 Å². The summed E-state index contributed by atoms with van der Waals surface area (Å²) in [6, 6.07) is 0.239. The van der Waals surface area contributed by atoms with Crippen molar-refractivity contribution >= 4 is 12.2 Å². The molecule has 1 aromatic rings. The number of carbonyl (C=O) groups is 1. The van der Waals surface area contributed by atoms with Gasteiger partial charge in [0.1, 0.15) is 18.9 Å². The molecule has 0 spiro atoms. The lowest BCUT2D eigenvalue weighted by Crippen LogP contribution is -2.10. The first kappa shape index (κ1) is 12.7. The van der Waals surface area contributed by atoms with E-state index < -0.39 is 0 Å². The molecule has 18 heavy (non-hydrogen) atoms. The van der Waals surface area contributed by atoms with Crippen molar-refractivity contribution in [3.05, 3.63) is 12.7 Å². The van der Waals surface area contributed by atoms with Gasteiger partial charge < -0.3 is 4.74 Å². The van der Waals surface area contributed by atoms with Gasteiger partial charge in [-0.05, 0) is 32.1 Å². The Morgan fingerprint density at radius 2 is 2.50 bits per heavy atom. The minimum Gasteiger partial charge on any atom is -0.462 e. The molecule has 6 nitrogen and oxygen atoms in total. The van der Waals surface area contributed by atoms with Crippen LogP contribution in [0.3, 0.4) is 0 Å². The molecular weight excluding hydrogens is 232 g/mol. The summed E-state index contributed by atoms with van der Waals surface area (Å²) in [5.41, 5.74) is 0. The maximum absolute atomic E-state index is 11.1. The topological polar surface area (TPSA) is 69.4 Å². The predicted octanol–water partition coefficient (Wildman–Crippen LogP) is 1.08. The molecule has 0 N–H and O–H groups in total. The fraction of sp³-hybridized carbons (Fsp3) is 0.667. The average Bonchev–Trinajstić information content (AvgIpc) is 2.99. The highest BCUT2D eigenvalue weighted by molar-refractivity contribution is 6.23. The van der Waals surface area contributed by atoms with Gasteiger partial charge in [-0.3, -0.25) is 9.67 Å². The molecule has 0 saturated heterocycles. The van der Waals surface area contributed by atoms with Crippen molar-refractivity contribution in [2.75, 3.05) is 6.61 Å². The van der Waals surface area contributed by atoms with Crippen molar-refractivity contribution in [1.82, 2.24) is 14.8 Å². The molecule has 0 aliphatic heterocycles. The van der Waals surface area contributed by atoms with E-state index >= 15 is 0 Å². The third-order valence-electron chi connectivity index (χ3n) is 3.10. The van der Waals surface area contributed by atoms with Gasteiger partial charge in [-0.1, -0.05) is 0 Å². The molecule has 0 bridgehead atoms. The molecule has 1 aliphatic rings. The monoisotopic (exact) mass is 250 g/mol. The standard InChI is InChI=1S/C12H18N4O2/c1-2-18-12(17)6-14-11-4-3-10(5-11)7-16-9-13-8-15-16/h6,8-11H,2-5,7H2,1H3/b14-6+/t10-,11+/m0/s1. The zero-order valence-corrected chi connectivity index (χ0v) is 10.5. The largest absolute Gasteiger partial charge is 0.462 e. The second kappa shape index (κ2) is 6.28. The second-order valence-corrected chi connectivity index (χ2v) is 4.48. The highest BCUT2D eigenvalue weighted by Crippen LogP contribution is 2.28. The number of hydrogen-bond donors (Lipinski definition) is 0. The molecule has 2 rings (SSSR count). The molecule has 1 aromatic heterocycles. The number of hydrogen-bond acceptors (Lipinski definition) is 5. The summed E-state index contributed by atoms with van der Waals surface area (Å²) >= 11 is 0. The van der Waals surface area contributed by atoms with Crippen LogP contribution in [0.4, 0.5) is 0 Å². The molecular formula is C12H18N4O2. The summed E-state index contributed by atoms with van der Waals surface area (Å²) in [5, 5.41) is 4.10. The van der Waals surface area contributed by atoms with Crippen LogP contribution < -0.4 is 0 Å². The van der Waals surface area contributed by atoms with Gasteiger partial charge in [-0.15, -0.1) is 0 Å². The minimum absolute atomic E-state index is 0.239. The van der Waals surface area contributed by atoms with Gasteiger partial charge in [-0.2, -0.15) is 5.10 Å². The summed E-state index contributed by atoms with van der Waals surface area (Å²) in [6.45, 7) is 3.06. The van der Waals surface area contributed by atoms with E-state index in [2.05, 4.69) is 15.1 Å². The van der Waals surface area contributed by atoms with Crippen LogP contribution in [0.5, 0.6) is 0 Å². The highest BCUT2D eigenvalue weighted by atomic mass is 16.5. The Bertz CT molecular complexity index is 402. The Hall–Kier alpha value is -1.72. The Kier molecular flexibility index (Phi) is 4.44. The number of rotatable bonds is 5. The van der Waals surface area contributed by atoms with Crippen molar-refractivity contribution in [3.63, 3.8) is 0 Å². The molecule has 0 amide bonds. The van der Waals surface area contributed by atoms with Crippen LogP contribution >= 0.6 is 0 Å². The van der Waals surface area contributed by atoms with Gasteiger partial charge in [0.2, 0.25) is 0 Å². The summed E-state index contributed by atoms with van der Waals surface area (Å²) < 4.78 is 6.65. The smallest absolute Gasteiger partial charge is 0.348 e. The van der Waals surface area contributed by atoms with E-state index in [9.17, 15) is 4.79 Å². The van der Waals surface area contributed by atoms with Crippen molar-refractivity contribution in [2.45, 2.75) is 38.8 Å². The fourth-order valence-electron chi connectivity index (χ4n) is 2.29. The van der Waals surface area contributed by atoms with Crippen molar-refractivity contribution in [3.8, 4) is 0 Å². The SMILES string of the molecule is CCOC(=O)/C=N/[C@@H]1CC[C@H](Cn2cncn2)C1. The van der Waals surface area contributed by atoms with E-state index in [0.29, 0.717) is 12.5 Å². The summed E-state index contributed by atoms with van der Waals surface area (Å²) in [4.78, 5) is 19.3. The van der Waals surface area contributed by atoms with E-state index in [0.717, 1.165) is 25.8 Å². The number of nitrogens with zero attached hydrogens (tertiary/aromatic N) is 4. The molecule has 0 radical (unpaired) electrons. The minimum atomic E-state index is -0.350. The van der Waals surface area contributed by atoms with Crippen LogP contribution in [0.1, 0.15) is 26.2 Å². The molecule has 1 heterocycles. The third kappa shape index (κ3) is 3.65. The van der Waals surface area contributed by atoms with Crippen LogP contribution in [-0.4, -0.2) is 39.6 Å². The Balaban J connectivity index is 1.76. The molecule has 2 atom stereocenters. The number of carbonyl (C=O) groups excluding carboxylic acids is 1. The number of aromatic nitrogens is 3. The maximum atomic E-state index is 11.1. The zero-order chi connectivity index (χ0) is 12.8. The van der Waals surface area contributed by atoms with Gasteiger partial charge in [-0.25, -0.2) is 9.78 Å². The molecule has 1 fully saturated rings. The lowest BCUT2D eigenvalue weighted by atomic mass is 10.1. The first-order chi connectivity index (χ1) is 8.78. The van der Waals surface area contributed by atoms with E-state index in [4.69, 9.17) is 4.74 Å². The van der Waals surface area contributed by atoms with Crippen LogP contribution in [-0.2, 0) is 16.1 Å². The molecule has 1 saturated carbocycles. The Morgan fingerprint density at radius 1 is 1.61 bits per heavy atom. The van der Waals surface area contributed by atoms with E-state index in [-0.39, 0.29) is 12.0 Å². The van der Waals surface area contributed by atoms with Crippen molar-refractivity contribution in [2.24, 2.45) is 10.9 Å². The molecule has 6 heteroatoms. The van der Waals surface area contributed by atoms with Gasteiger partial charge in [0.05, 0.1) is 12.6 Å². The predicted molar refractivity (Wildman–Crippen MR) is 66.3 cm³/mol. The summed E-state index contributed by atoms with van der Waals surface area (Å²) in [5.74, 6) is 0.216. The quantitative estimate of drug-likeness (QED) is 0.579. The lowest BCUT2D eigenvalue weighted by Gasteiger charge is -2.08. The maximum Gasteiger partial charge on any atom is 0.348 e. The van der Waals surface area contributed by atoms with Crippen LogP contribution in [0.15, 0.2) is 17.6 Å². The Morgan fingerprint density at radius 3 is 3.22 bits per heavy atom. The van der Waals surface area contributed by atoms with Crippen LogP contribution in [0.2, 0.25) is 0 Å². The Labute approximate surface area is 106 Å². The third-order valence-corrected chi connectivity index (χ3v) is 3.10.